The molecule has 0 fully saturated rings. The maximum atomic E-state index is 12.7. The zero-order valence-corrected chi connectivity index (χ0v) is 15.4. The highest BCUT2D eigenvalue weighted by Crippen LogP contribution is 2.24. The van der Waals surface area contributed by atoms with E-state index in [-0.39, 0.29) is 29.8 Å². The van der Waals surface area contributed by atoms with Gasteiger partial charge >= 0.3 is 0 Å². The van der Waals surface area contributed by atoms with Gasteiger partial charge in [0.25, 0.3) is 5.56 Å². The average molecular weight is 378 g/mol. The summed E-state index contributed by atoms with van der Waals surface area (Å²) < 4.78 is 11.6. The minimum Gasteiger partial charge on any atom is -0.494 e. The van der Waals surface area contributed by atoms with Crippen LogP contribution in [0.3, 0.4) is 0 Å². The first-order valence-corrected chi connectivity index (χ1v) is 8.54. The molecule has 0 amide bonds. The van der Waals surface area contributed by atoms with Crippen LogP contribution in [0.2, 0.25) is 0 Å². The standard InChI is InChI=1S/C21H18N2O5/c1-13-5-7-15(8-6-13)28-12-18(24)19-14(2)17(10-22)20(25)23(21(19)26)11-16-4-3-9-27-16/h3-9,26H,11-12H2,1-2H3. The van der Waals surface area contributed by atoms with Gasteiger partial charge in [-0.25, -0.2) is 0 Å². The van der Waals surface area contributed by atoms with Crippen LogP contribution in [0.5, 0.6) is 11.6 Å². The second-order valence-corrected chi connectivity index (χ2v) is 6.31. The van der Waals surface area contributed by atoms with E-state index >= 15 is 0 Å². The van der Waals surface area contributed by atoms with E-state index in [1.807, 2.05) is 25.1 Å². The van der Waals surface area contributed by atoms with Gasteiger partial charge in [0, 0.05) is 0 Å². The summed E-state index contributed by atoms with van der Waals surface area (Å²) in [6, 6.07) is 12.2. The molecule has 7 heteroatoms. The first kappa shape index (κ1) is 19.0. The molecule has 1 aromatic carbocycles. The summed E-state index contributed by atoms with van der Waals surface area (Å²) in [6.45, 7) is 2.94. The quantitative estimate of drug-likeness (QED) is 0.661. The monoisotopic (exact) mass is 378 g/mol. The predicted molar refractivity (Wildman–Crippen MR) is 101 cm³/mol. The zero-order chi connectivity index (χ0) is 20.3. The number of nitriles is 1. The molecule has 3 aromatic rings. The van der Waals surface area contributed by atoms with Crippen LogP contribution in [0.1, 0.15) is 32.8 Å². The maximum Gasteiger partial charge on any atom is 0.271 e. The van der Waals surface area contributed by atoms with E-state index in [1.165, 1.54) is 13.2 Å². The van der Waals surface area contributed by atoms with Crippen LogP contribution in [0.4, 0.5) is 0 Å². The highest BCUT2D eigenvalue weighted by molar-refractivity contribution is 6.01. The molecule has 0 aliphatic rings. The molecule has 1 N–H and O–H groups in total. The SMILES string of the molecule is Cc1ccc(OCC(=O)c2c(C)c(C#N)c(=O)n(Cc3ccco3)c2O)cc1. The van der Waals surface area contributed by atoms with E-state index in [2.05, 4.69) is 0 Å². The normalized spacial score (nSPS) is 10.5. The number of rotatable bonds is 6. The number of furan rings is 1. The van der Waals surface area contributed by atoms with Crippen molar-refractivity contribution >= 4 is 5.78 Å². The van der Waals surface area contributed by atoms with Crippen molar-refractivity contribution in [1.29, 1.82) is 5.26 Å². The molecular weight excluding hydrogens is 360 g/mol. The van der Waals surface area contributed by atoms with Crippen molar-refractivity contribution in [2.75, 3.05) is 6.61 Å². The number of carbonyl (C=O) groups excluding carboxylic acids is 1. The van der Waals surface area contributed by atoms with E-state index in [9.17, 15) is 20.0 Å². The van der Waals surface area contributed by atoms with Crippen molar-refractivity contribution in [3.63, 3.8) is 0 Å². The van der Waals surface area contributed by atoms with Gasteiger partial charge in [-0.3, -0.25) is 14.2 Å². The Hall–Kier alpha value is -3.79. The van der Waals surface area contributed by atoms with Crippen LogP contribution in [0, 0.1) is 25.2 Å². The molecule has 0 radical (unpaired) electrons. The molecule has 7 nitrogen and oxygen atoms in total. The third-order valence-corrected chi connectivity index (χ3v) is 4.36. The van der Waals surface area contributed by atoms with Gasteiger partial charge in [0.15, 0.2) is 6.61 Å². The van der Waals surface area contributed by atoms with Gasteiger partial charge in [0.2, 0.25) is 11.7 Å². The molecule has 0 saturated carbocycles. The molecule has 0 aliphatic carbocycles. The smallest absolute Gasteiger partial charge is 0.271 e. The Balaban J connectivity index is 1.97. The van der Waals surface area contributed by atoms with E-state index in [1.54, 1.807) is 24.3 Å². The summed E-state index contributed by atoms with van der Waals surface area (Å²) in [7, 11) is 0. The molecule has 0 bridgehead atoms. The lowest BCUT2D eigenvalue weighted by molar-refractivity contribution is 0.0916. The molecule has 0 unspecified atom stereocenters. The topological polar surface area (TPSA) is 105 Å². The molecule has 142 valence electrons. The van der Waals surface area contributed by atoms with E-state index < -0.39 is 17.2 Å². The number of aromatic nitrogens is 1. The number of aryl methyl sites for hydroxylation is 1. The first-order valence-electron chi connectivity index (χ1n) is 8.54. The zero-order valence-electron chi connectivity index (χ0n) is 15.4. The van der Waals surface area contributed by atoms with Crippen LogP contribution < -0.4 is 10.3 Å². The minimum absolute atomic E-state index is 0.105. The lowest BCUT2D eigenvalue weighted by atomic mass is 10.0. The fourth-order valence-electron chi connectivity index (χ4n) is 2.85. The molecule has 2 aromatic heterocycles. The Bertz CT molecular complexity index is 1100. The average Bonchev–Trinajstić information content (AvgIpc) is 3.18. The van der Waals surface area contributed by atoms with Gasteiger partial charge in [-0.05, 0) is 43.7 Å². The van der Waals surface area contributed by atoms with Crippen LogP contribution in [-0.2, 0) is 6.54 Å². The van der Waals surface area contributed by atoms with Crippen molar-refractivity contribution in [3.05, 3.63) is 81.0 Å². The largest absolute Gasteiger partial charge is 0.494 e. The molecule has 2 heterocycles. The number of ketones is 1. The van der Waals surface area contributed by atoms with Gasteiger partial charge in [-0.15, -0.1) is 0 Å². The lowest BCUT2D eigenvalue weighted by Crippen LogP contribution is -2.28. The highest BCUT2D eigenvalue weighted by Gasteiger charge is 2.24. The van der Waals surface area contributed by atoms with E-state index in [0.29, 0.717) is 11.5 Å². The van der Waals surface area contributed by atoms with Gasteiger partial charge < -0.3 is 14.3 Å². The number of hydrogen-bond donors (Lipinski definition) is 1. The number of nitrogens with zero attached hydrogens (tertiary/aromatic N) is 2. The molecule has 0 spiro atoms. The summed E-state index contributed by atoms with van der Waals surface area (Å²) in [4.78, 5) is 25.3. The molecule has 0 saturated heterocycles. The predicted octanol–water partition coefficient (Wildman–Crippen LogP) is 2.95. The fraction of sp³-hybridized carbons (Fsp3) is 0.190. The van der Waals surface area contributed by atoms with Crippen molar-refractivity contribution < 1.29 is 19.1 Å². The van der Waals surface area contributed by atoms with Gasteiger partial charge in [-0.2, -0.15) is 5.26 Å². The van der Waals surface area contributed by atoms with E-state index in [0.717, 1.165) is 10.1 Å². The van der Waals surface area contributed by atoms with Crippen molar-refractivity contribution in [2.24, 2.45) is 0 Å². The Kier molecular flexibility index (Phi) is 5.32. The van der Waals surface area contributed by atoms with Gasteiger partial charge in [-0.1, -0.05) is 17.7 Å². The number of ether oxygens (including phenoxy) is 1. The Morgan fingerprint density at radius 2 is 1.96 bits per heavy atom. The number of pyridine rings is 1. The molecular formula is C21H18N2O5. The molecule has 28 heavy (non-hydrogen) atoms. The van der Waals surface area contributed by atoms with Crippen molar-refractivity contribution in [2.45, 2.75) is 20.4 Å². The second kappa shape index (κ2) is 7.84. The molecule has 3 rings (SSSR count). The Morgan fingerprint density at radius 3 is 2.57 bits per heavy atom. The summed E-state index contributed by atoms with van der Waals surface area (Å²) in [5.74, 6) is -0.157. The van der Waals surface area contributed by atoms with Gasteiger partial charge in [0.1, 0.15) is 23.1 Å². The van der Waals surface area contributed by atoms with Crippen LogP contribution >= 0.6 is 0 Å². The maximum absolute atomic E-state index is 12.7. The molecule has 0 aliphatic heterocycles. The number of benzene rings is 1. The summed E-state index contributed by atoms with van der Waals surface area (Å²) >= 11 is 0. The third-order valence-electron chi connectivity index (χ3n) is 4.36. The van der Waals surface area contributed by atoms with Crippen molar-refractivity contribution in [1.82, 2.24) is 4.57 Å². The number of Topliss-reactive ketones (excluding diaryl/α,β-unsaturated/α-hetero) is 1. The Morgan fingerprint density at radius 1 is 1.25 bits per heavy atom. The van der Waals surface area contributed by atoms with E-state index in [4.69, 9.17) is 9.15 Å². The second-order valence-electron chi connectivity index (χ2n) is 6.31. The number of hydrogen-bond acceptors (Lipinski definition) is 6. The van der Waals surface area contributed by atoms with Crippen LogP contribution in [0.15, 0.2) is 51.9 Å². The van der Waals surface area contributed by atoms with Crippen molar-refractivity contribution in [3.8, 4) is 17.7 Å². The third kappa shape index (κ3) is 3.67. The molecule has 0 atom stereocenters. The summed E-state index contributed by atoms with van der Waals surface area (Å²) in [5.41, 5.74) is 0.164. The van der Waals surface area contributed by atoms with Gasteiger partial charge in [0.05, 0.1) is 18.4 Å². The Labute approximate surface area is 161 Å². The lowest BCUT2D eigenvalue weighted by Gasteiger charge is -2.15. The number of aromatic hydroxyl groups is 1. The summed E-state index contributed by atoms with van der Waals surface area (Å²) in [6.07, 6.45) is 1.43. The minimum atomic E-state index is -0.690. The van der Waals surface area contributed by atoms with Crippen LogP contribution in [-0.4, -0.2) is 22.1 Å². The summed E-state index contributed by atoms with van der Waals surface area (Å²) in [5, 5.41) is 20.0. The highest BCUT2D eigenvalue weighted by atomic mass is 16.5. The number of carbonyl (C=O) groups is 1. The van der Waals surface area contributed by atoms with Crippen LogP contribution in [0.25, 0.3) is 0 Å². The fourth-order valence-corrected chi connectivity index (χ4v) is 2.85. The first-order chi connectivity index (χ1) is 13.4.